The molecule has 0 bridgehead atoms. The molecule has 0 aromatic rings. The lowest BCUT2D eigenvalue weighted by Gasteiger charge is -2.28. The van der Waals surface area contributed by atoms with Crippen LogP contribution >= 0.6 is 0 Å². The van der Waals surface area contributed by atoms with E-state index in [0.717, 1.165) is 12.3 Å². The number of nitrogens with zero attached hydrogens (tertiary/aromatic N) is 1. The van der Waals surface area contributed by atoms with E-state index in [1.807, 2.05) is 0 Å². The van der Waals surface area contributed by atoms with E-state index in [0.29, 0.717) is 0 Å². The molecule has 101 valence electrons. The molecule has 1 nitrogen and oxygen atoms in total. The number of likely N-dealkylation sites (tertiary alicyclic amines) is 1. The van der Waals surface area contributed by atoms with E-state index in [4.69, 9.17) is 0 Å². The van der Waals surface area contributed by atoms with Crippen LogP contribution in [0.25, 0.3) is 0 Å². The Hall–Kier alpha value is -0.0400. The van der Waals surface area contributed by atoms with E-state index < -0.39 is 0 Å². The Kier molecular flexibility index (Phi) is 8.78. The van der Waals surface area contributed by atoms with Crippen LogP contribution in [0.1, 0.15) is 70.6 Å². The minimum atomic E-state index is 1.04. The zero-order chi connectivity index (χ0) is 12.3. The van der Waals surface area contributed by atoms with Gasteiger partial charge in [0.2, 0.25) is 0 Å². The highest BCUT2D eigenvalue weighted by atomic mass is 15.1. The Balaban J connectivity index is 1.81. The van der Waals surface area contributed by atoms with E-state index in [-0.39, 0.29) is 0 Å². The number of hydrogen-bond donors (Lipinski definition) is 0. The number of hydrogen-bond acceptors (Lipinski definition) is 1. The van der Waals surface area contributed by atoms with Crippen molar-refractivity contribution < 1.29 is 0 Å². The second-order valence-corrected chi connectivity index (χ2v) is 5.86. The van der Waals surface area contributed by atoms with Gasteiger partial charge in [-0.2, -0.15) is 0 Å². The first-order chi connectivity index (χ1) is 8.33. The second-order valence-electron chi connectivity index (χ2n) is 5.86. The molecule has 1 aliphatic heterocycles. The van der Waals surface area contributed by atoms with Gasteiger partial charge >= 0.3 is 0 Å². The van der Waals surface area contributed by atoms with Crippen LogP contribution in [0, 0.1) is 12.8 Å². The second kappa shape index (κ2) is 9.94. The molecule has 1 fully saturated rings. The molecular formula is C16H32N. The van der Waals surface area contributed by atoms with Gasteiger partial charge in [-0.3, -0.25) is 0 Å². The molecule has 1 aliphatic rings. The topological polar surface area (TPSA) is 3.24 Å². The molecule has 1 heteroatoms. The van der Waals surface area contributed by atoms with Gasteiger partial charge in [0.1, 0.15) is 0 Å². The van der Waals surface area contributed by atoms with Crippen molar-refractivity contribution in [3.05, 3.63) is 6.92 Å². The average molecular weight is 238 g/mol. The quantitative estimate of drug-likeness (QED) is 0.527. The Morgan fingerprint density at radius 2 is 1.41 bits per heavy atom. The maximum absolute atomic E-state index is 3.89. The maximum atomic E-state index is 3.89. The zero-order valence-electron chi connectivity index (χ0n) is 11.9. The summed E-state index contributed by atoms with van der Waals surface area (Å²) in [4.78, 5) is 2.47. The third-order valence-corrected chi connectivity index (χ3v) is 4.20. The van der Waals surface area contributed by atoms with Crippen LogP contribution in [-0.4, -0.2) is 25.0 Å². The molecular weight excluding hydrogens is 206 g/mol. The number of piperidine rings is 1. The van der Waals surface area contributed by atoms with Crippen molar-refractivity contribution in [1.29, 1.82) is 0 Å². The molecule has 1 heterocycles. The van der Waals surface area contributed by atoms with Crippen LogP contribution < -0.4 is 0 Å². The first-order valence-electron chi connectivity index (χ1n) is 7.80. The largest absolute Gasteiger partial charge is 0.306 e. The number of rotatable bonds is 9. The Labute approximate surface area is 109 Å². The lowest BCUT2D eigenvalue weighted by atomic mass is 9.91. The van der Waals surface area contributed by atoms with E-state index in [9.17, 15) is 0 Å². The highest BCUT2D eigenvalue weighted by molar-refractivity contribution is 4.69. The van der Waals surface area contributed by atoms with E-state index in [1.165, 1.54) is 77.3 Å². The molecule has 0 N–H and O–H groups in total. The summed E-state index contributed by atoms with van der Waals surface area (Å²) < 4.78 is 0. The van der Waals surface area contributed by atoms with Crippen LogP contribution in [-0.2, 0) is 0 Å². The summed E-state index contributed by atoms with van der Waals surface area (Å²) in [5, 5.41) is 0. The van der Waals surface area contributed by atoms with Gasteiger partial charge in [-0.05, 0) is 38.9 Å². The number of unbranched alkanes of at least 4 members (excludes halogenated alkanes) is 7. The molecule has 0 amide bonds. The molecule has 0 aromatic heterocycles. The van der Waals surface area contributed by atoms with Gasteiger partial charge < -0.3 is 4.90 Å². The summed E-state index contributed by atoms with van der Waals surface area (Å²) in [6, 6.07) is 0. The lowest BCUT2D eigenvalue weighted by Crippen LogP contribution is -2.30. The molecule has 0 unspecified atom stereocenters. The van der Waals surface area contributed by atoms with Crippen LogP contribution in [0.2, 0.25) is 0 Å². The summed E-state index contributed by atoms with van der Waals surface area (Å²) in [6.07, 6.45) is 15.5. The highest BCUT2D eigenvalue weighted by Crippen LogP contribution is 2.22. The summed E-state index contributed by atoms with van der Waals surface area (Å²) in [6.45, 7) is 6.54. The molecule has 1 radical (unpaired) electrons. The Bertz CT molecular complexity index is 159. The fraction of sp³-hybridized carbons (Fsp3) is 0.938. The van der Waals surface area contributed by atoms with Gasteiger partial charge in [-0.15, -0.1) is 0 Å². The van der Waals surface area contributed by atoms with Crippen molar-refractivity contribution in [1.82, 2.24) is 4.90 Å². The van der Waals surface area contributed by atoms with Gasteiger partial charge in [0.05, 0.1) is 0 Å². The molecule has 0 spiro atoms. The first kappa shape index (κ1) is 15.0. The first-order valence-corrected chi connectivity index (χ1v) is 7.80. The highest BCUT2D eigenvalue weighted by Gasteiger charge is 2.15. The third kappa shape index (κ3) is 7.81. The van der Waals surface area contributed by atoms with E-state index >= 15 is 0 Å². The molecule has 0 saturated carbocycles. The van der Waals surface area contributed by atoms with Gasteiger partial charge in [0.15, 0.2) is 0 Å². The van der Waals surface area contributed by atoms with Crippen LogP contribution in [0.4, 0.5) is 0 Å². The lowest BCUT2D eigenvalue weighted by molar-refractivity contribution is 0.209. The molecule has 0 atom stereocenters. The van der Waals surface area contributed by atoms with Crippen molar-refractivity contribution in [2.24, 2.45) is 5.92 Å². The Morgan fingerprint density at radius 1 is 0.882 bits per heavy atom. The summed E-state index contributed by atoms with van der Waals surface area (Å²) in [5.74, 6) is 1.04. The average Bonchev–Trinajstić information content (AvgIpc) is 2.35. The molecule has 1 saturated heterocycles. The smallest absolute Gasteiger partial charge is 0.00191 e. The Morgan fingerprint density at radius 3 is 2.00 bits per heavy atom. The van der Waals surface area contributed by atoms with Gasteiger partial charge in [-0.25, -0.2) is 0 Å². The summed E-state index contributed by atoms with van der Waals surface area (Å²) >= 11 is 0. The van der Waals surface area contributed by atoms with E-state index in [2.05, 4.69) is 18.9 Å². The zero-order valence-corrected chi connectivity index (χ0v) is 11.9. The van der Waals surface area contributed by atoms with Crippen LogP contribution in [0.5, 0.6) is 0 Å². The van der Waals surface area contributed by atoms with Crippen molar-refractivity contribution in [3.8, 4) is 0 Å². The minimum Gasteiger partial charge on any atom is -0.306 e. The van der Waals surface area contributed by atoms with Crippen molar-refractivity contribution in [2.75, 3.05) is 20.1 Å². The normalized spacial score (nSPS) is 18.7. The van der Waals surface area contributed by atoms with Crippen molar-refractivity contribution in [2.45, 2.75) is 70.6 Å². The summed E-state index contributed by atoms with van der Waals surface area (Å²) in [7, 11) is 2.25. The fourth-order valence-electron chi connectivity index (χ4n) is 2.84. The van der Waals surface area contributed by atoms with Crippen molar-refractivity contribution in [3.63, 3.8) is 0 Å². The van der Waals surface area contributed by atoms with Gasteiger partial charge in [-0.1, -0.05) is 64.7 Å². The standard InChI is InChI=1S/C16H32N/c1-3-4-5-6-7-8-9-10-11-16-12-14-17(2)15-13-16/h16H,1,3-15H2,2H3. The summed E-state index contributed by atoms with van der Waals surface area (Å²) in [5.41, 5.74) is 0. The van der Waals surface area contributed by atoms with Crippen LogP contribution in [0.15, 0.2) is 0 Å². The maximum Gasteiger partial charge on any atom is -0.00191 e. The van der Waals surface area contributed by atoms with Crippen LogP contribution in [0.3, 0.4) is 0 Å². The predicted molar refractivity (Wildman–Crippen MR) is 77.1 cm³/mol. The minimum absolute atomic E-state index is 1.04. The molecule has 0 aromatic carbocycles. The van der Waals surface area contributed by atoms with Gasteiger partial charge in [0, 0.05) is 0 Å². The third-order valence-electron chi connectivity index (χ3n) is 4.20. The molecule has 1 rings (SSSR count). The van der Waals surface area contributed by atoms with Crippen molar-refractivity contribution >= 4 is 0 Å². The van der Waals surface area contributed by atoms with E-state index in [1.54, 1.807) is 0 Å². The molecule has 0 aliphatic carbocycles. The van der Waals surface area contributed by atoms with Gasteiger partial charge in [0.25, 0.3) is 0 Å². The predicted octanol–water partition coefficient (Wildman–Crippen LogP) is 4.67. The monoisotopic (exact) mass is 238 g/mol. The molecule has 17 heavy (non-hydrogen) atoms. The fourth-order valence-corrected chi connectivity index (χ4v) is 2.84. The SMILES string of the molecule is [CH2]CCCCCCCCCC1CCN(C)CC1.